The number of nitrogens with zero attached hydrogens (tertiary/aromatic N) is 2. The molecule has 1 N–H and O–H groups in total. The molecular weight excluding hydrogens is 174 g/mol. The summed E-state index contributed by atoms with van der Waals surface area (Å²) in [5, 5.41) is 10.5. The normalized spacial score (nSPS) is 9.69. The van der Waals surface area contributed by atoms with Gasteiger partial charge in [0.05, 0.1) is 4.92 Å². The molecule has 0 saturated heterocycles. The van der Waals surface area contributed by atoms with Gasteiger partial charge in [-0.15, -0.1) is 0 Å². The number of hydrogen-bond acceptors (Lipinski definition) is 4. The number of nitro groups is 1. The molecule has 1 aromatic rings. The van der Waals surface area contributed by atoms with E-state index in [1.165, 1.54) is 17.2 Å². The molecule has 0 radical (unpaired) electrons. The predicted molar refractivity (Wildman–Crippen MR) is 48.0 cm³/mol. The SMILES string of the molecule is CN(C)c1cc[nH]c(=O)c1[N+](=O)[O-]. The molecule has 6 nitrogen and oxygen atoms in total. The summed E-state index contributed by atoms with van der Waals surface area (Å²) in [7, 11) is 3.28. The fourth-order valence-electron chi connectivity index (χ4n) is 0.997. The Morgan fingerprint density at radius 1 is 1.54 bits per heavy atom. The van der Waals surface area contributed by atoms with Gasteiger partial charge in [-0.3, -0.25) is 14.9 Å². The molecule has 0 saturated carbocycles. The van der Waals surface area contributed by atoms with Crippen molar-refractivity contribution >= 4 is 11.4 Å². The Hall–Kier alpha value is -1.85. The Bertz CT molecular complexity index is 383. The third-order valence-electron chi connectivity index (χ3n) is 1.58. The highest BCUT2D eigenvalue weighted by Gasteiger charge is 2.19. The van der Waals surface area contributed by atoms with Crippen LogP contribution in [0.25, 0.3) is 0 Å². The summed E-state index contributed by atoms with van der Waals surface area (Å²) in [5.41, 5.74) is -0.808. The summed E-state index contributed by atoms with van der Waals surface area (Å²) in [4.78, 5) is 24.7. The van der Waals surface area contributed by atoms with E-state index in [0.717, 1.165) is 0 Å². The van der Waals surface area contributed by atoms with Gasteiger partial charge >= 0.3 is 11.2 Å². The number of pyridine rings is 1. The van der Waals surface area contributed by atoms with E-state index in [-0.39, 0.29) is 0 Å². The summed E-state index contributed by atoms with van der Waals surface area (Å²) >= 11 is 0. The maximum Gasteiger partial charge on any atom is 0.356 e. The molecule has 13 heavy (non-hydrogen) atoms. The minimum Gasteiger partial charge on any atom is -0.372 e. The van der Waals surface area contributed by atoms with Crippen molar-refractivity contribution in [1.82, 2.24) is 4.98 Å². The van der Waals surface area contributed by atoms with Gasteiger partial charge in [0.1, 0.15) is 5.69 Å². The first kappa shape index (κ1) is 9.24. The maximum atomic E-state index is 11.1. The molecule has 0 aliphatic carbocycles. The molecular formula is C7H9N3O3. The van der Waals surface area contributed by atoms with Gasteiger partial charge in [-0.1, -0.05) is 0 Å². The second-order valence-electron chi connectivity index (χ2n) is 2.69. The zero-order valence-corrected chi connectivity index (χ0v) is 7.27. The quantitative estimate of drug-likeness (QED) is 0.530. The molecule has 1 aromatic heterocycles. The summed E-state index contributed by atoms with van der Waals surface area (Å²) in [6.07, 6.45) is 1.38. The van der Waals surface area contributed by atoms with Crippen LogP contribution < -0.4 is 10.5 Å². The average molecular weight is 183 g/mol. The van der Waals surface area contributed by atoms with Crippen LogP contribution in [0.15, 0.2) is 17.1 Å². The standard InChI is InChI=1S/C7H9N3O3/c1-9(2)5-3-4-8-7(11)6(5)10(12)13/h3-4H,1-2H3,(H,8,11). The van der Waals surface area contributed by atoms with E-state index in [4.69, 9.17) is 0 Å². The van der Waals surface area contributed by atoms with Crippen molar-refractivity contribution < 1.29 is 4.92 Å². The summed E-state index contributed by atoms with van der Waals surface area (Å²) in [6, 6.07) is 1.49. The van der Waals surface area contributed by atoms with Gasteiger partial charge < -0.3 is 9.88 Å². The number of aromatic amines is 1. The van der Waals surface area contributed by atoms with Crippen LogP contribution in [-0.2, 0) is 0 Å². The van der Waals surface area contributed by atoms with Crippen LogP contribution in [0.2, 0.25) is 0 Å². The molecule has 6 heteroatoms. The van der Waals surface area contributed by atoms with Gasteiger partial charge in [-0.05, 0) is 6.07 Å². The van der Waals surface area contributed by atoms with Crippen molar-refractivity contribution in [2.75, 3.05) is 19.0 Å². The van der Waals surface area contributed by atoms with E-state index in [9.17, 15) is 14.9 Å². The van der Waals surface area contributed by atoms with Crippen LogP contribution in [0.3, 0.4) is 0 Å². The average Bonchev–Trinajstić information content (AvgIpc) is 2.02. The van der Waals surface area contributed by atoms with E-state index < -0.39 is 16.2 Å². The Morgan fingerprint density at radius 2 is 2.15 bits per heavy atom. The zero-order valence-electron chi connectivity index (χ0n) is 7.27. The van der Waals surface area contributed by atoms with Gasteiger partial charge in [0, 0.05) is 20.3 Å². The first-order chi connectivity index (χ1) is 6.04. The predicted octanol–water partition coefficient (Wildman–Crippen LogP) is 0.349. The molecule has 0 fully saturated rings. The lowest BCUT2D eigenvalue weighted by molar-refractivity contribution is -0.385. The minimum atomic E-state index is -0.686. The van der Waals surface area contributed by atoms with Crippen molar-refractivity contribution in [2.24, 2.45) is 0 Å². The molecule has 70 valence electrons. The smallest absolute Gasteiger partial charge is 0.356 e. The highest BCUT2D eigenvalue weighted by molar-refractivity contribution is 5.60. The number of anilines is 1. The zero-order chi connectivity index (χ0) is 10.0. The van der Waals surface area contributed by atoms with E-state index in [1.807, 2.05) is 0 Å². The van der Waals surface area contributed by atoms with Crippen molar-refractivity contribution in [3.63, 3.8) is 0 Å². The van der Waals surface area contributed by atoms with Gasteiger partial charge in [-0.25, -0.2) is 0 Å². The number of nitrogens with one attached hydrogen (secondary N) is 1. The molecule has 0 aromatic carbocycles. The first-order valence-electron chi connectivity index (χ1n) is 3.57. The molecule has 0 amide bonds. The number of H-pyrrole nitrogens is 1. The van der Waals surface area contributed by atoms with Gasteiger partial charge in [-0.2, -0.15) is 0 Å². The Labute approximate surface area is 74.0 Å². The van der Waals surface area contributed by atoms with Crippen molar-refractivity contribution in [3.8, 4) is 0 Å². The summed E-state index contributed by atoms with van der Waals surface area (Å²) in [5.74, 6) is 0. The van der Waals surface area contributed by atoms with Crippen LogP contribution >= 0.6 is 0 Å². The van der Waals surface area contributed by atoms with Crippen LogP contribution in [0.1, 0.15) is 0 Å². The van der Waals surface area contributed by atoms with Crippen LogP contribution in [-0.4, -0.2) is 24.0 Å². The van der Waals surface area contributed by atoms with E-state index in [2.05, 4.69) is 4.98 Å². The highest BCUT2D eigenvalue weighted by atomic mass is 16.6. The van der Waals surface area contributed by atoms with Crippen molar-refractivity contribution in [2.45, 2.75) is 0 Å². The molecule has 0 atom stereocenters. The molecule has 0 bridgehead atoms. The number of aromatic nitrogens is 1. The van der Waals surface area contributed by atoms with Crippen LogP contribution in [0, 0.1) is 10.1 Å². The maximum absolute atomic E-state index is 11.1. The van der Waals surface area contributed by atoms with Crippen molar-refractivity contribution in [3.05, 3.63) is 32.7 Å². The molecule has 0 aliphatic heterocycles. The molecule has 1 heterocycles. The van der Waals surface area contributed by atoms with Crippen LogP contribution in [0.4, 0.5) is 11.4 Å². The van der Waals surface area contributed by atoms with Crippen molar-refractivity contribution in [1.29, 1.82) is 0 Å². The van der Waals surface area contributed by atoms with Gasteiger partial charge in [0.25, 0.3) is 0 Å². The largest absolute Gasteiger partial charge is 0.372 e. The fraction of sp³-hybridized carbons (Fsp3) is 0.286. The van der Waals surface area contributed by atoms with Crippen LogP contribution in [0.5, 0.6) is 0 Å². The second-order valence-corrected chi connectivity index (χ2v) is 2.69. The first-order valence-corrected chi connectivity index (χ1v) is 3.57. The summed E-state index contributed by atoms with van der Waals surface area (Å²) < 4.78 is 0. The molecule has 1 rings (SSSR count). The lowest BCUT2D eigenvalue weighted by Gasteiger charge is -2.10. The molecule has 0 unspecified atom stereocenters. The molecule has 0 spiro atoms. The van der Waals surface area contributed by atoms with E-state index >= 15 is 0 Å². The summed E-state index contributed by atoms with van der Waals surface area (Å²) in [6.45, 7) is 0. The Balaban J connectivity index is 3.43. The lowest BCUT2D eigenvalue weighted by atomic mass is 10.3. The third-order valence-corrected chi connectivity index (χ3v) is 1.58. The van der Waals surface area contributed by atoms with E-state index in [0.29, 0.717) is 5.69 Å². The van der Waals surface area contributed by atoms with E-state index in [1.54, 1.807) is 14.1 Å². The number of hydrogen-bond donors (Lipinski definition) is 1. The minimum absolute atomic E-state index is 0.300. The third kappa shape index (κ3) is 1.66. The highest BCUT2D eigenvalue weighted by Crippen LogP contribution is 2.20. The Kier molecular flexibility index (Phi) is 2.32. The fourth-order valence-corrected chi connectivity index (χ4v) is 0.997. The Morgan fingerprint density at radius 3 is 2.54 bits per heavy atom. The lowest BCUT2D eigenvalue weighted by Crippen LogP contribution is -2.18. The number of rotatable bonds is 2. The monoisotopic (exact) mass is 183 g/mol. The topological polar surface area (TPSA) is 79.2 Å². The van der Waals surface area contributed by atoms with Gasteiger partial charge in [0.2, 0.25) is 0 Å². The second kappa shape index (κ2) is 3.26. The van der Waals surface area contributed by atoms with Gasteiger partial charge in [0.15, 0.2) is 0 Å². The molecule has 0 aliphatic rings.